The van der Waals surface area contributed by atoms with Crippen LogP contribution in [-0.4, -0.2) is 60.3 Å². The van der Waals surface area contributed by atoms with Gasteiger partial charge in [-0.2, -0.15) is 0 Å². The lowest BCUT2D eigenvalue weighted by atomic mass is 10.1. The Bertz CT molecular complexity index is 632. The highest BCUT2D eigenvalue weighted by Gasteiger charge is 2.29. The minimum atomic E-state index is -2.27. The van der Waals surface area contributed by atoms with Gasteiger partial charge in [-0.05, 0) is 24.3 Å². The zero-order chi connectivity index (χ0) is 18.1. The van der Waals surface area contributed by atoms with Crippen LogP contribution in [0.25, 0.3) is 0 Å². The Morgan fingerprint density at radius 2 is 1.17 bits per heavy atom. The summed E-state index contributed by atoms with van der Waals surface area (Å²) in [5.41, 5.74) is 1.17. The standard InChI is InChI=1S/C11H8N2O.C4H6O6/c14-11(9-3-1-5-12-7-9)10-4-2-6-13-8-10;5-1(3(7)8)2(6)4(9)10/h1-8H;1-2,5-6H,(H,7,8)(H,9,10). The number of rotatable bonds is 5. The van der Waals surface area contributed by atoms with Crippen molar-refractivity contribution in [3.8, 4) is 0 Å². The van der Waals surface area contributed by atoms with Crippen molar-refractivity contribution >= 4 is 17.7 Å². The van der Waals surface area contributed by atoms with Crippen LogP contribution in [0.4, 0.5) is 0 Å². The van der Waals surface area contributed by atoms with Gasteiger partial charge in [-0.25, -0.2) is 9.59 Å². The minimum Gasteiger partial charge on any atom is -0.479 e. The Morgan fingerprint density at radius 1 is 0.792 bits per heavy atom. The van der Waals surface area contributed by atoms with Gasteiger partial charge >= 0.3 is 11.9 Å². The van der Waals surface area contributed by atoms with Crippen LogP contribution in [0.1, 0.15) is 15.9 Å². The van der Waals surface area contributed by atoms with Gasteiger partial charge in [0.2, 0.25) is 0 Å². The summed E-state index contributed by atoms with van der Waals surface area (Å²) >= 11 is 0. The van der Waals surface area contributed by atoms with E-state index in [1.54, 1.807) is 49.1 Å². The average molecular weight is 334 g/mol. The van der Waals surface area contributed by atoms with E-state index in [0.29, 0.717) is 11.1 Å². The zero-order valence-electron chi connectivity index (χ0n) is 12.2. The van der Waals surface area contributed by atoms with Crippen molar-refractivity contribution in [1.82, 2.24) is 9.97 Å². The quantitative estimate of drug-likeness (QED) is 0.533. The maximum atomic E-state index is 11.8. The van der Waals surface area contributed by atoms with Crippen molar-refractivity contribution < 1.29 is 34.8 Å². The molecule has 2 aromatic heterocycles. The predicted octanol–water partition coefficient (Wildman–Crippen LogP) is -0.415. The molecule has 9 heteroatoms. The number of aromatic nitrogens is 2. The number of nitrogens with zero attached hydrogens (tertiary/aromatic N) is 2. The SMILES string of the molecule is O=C(O)C(O)C(O)C(=O)O.O=C(c1cccnc1)c1cccnc1. The lowest BCUT2D eigenvalue weighted by molar-refractivity contribution is -0.165. The number of hydrogen-bond acceptors (Lipinski definition) is 7. The first-order valence-corrected chi connectivity index (χ1v) is 6.51. The number of hydrogen-bond donors (Lipinski definition) is 4. The van der Waals surface area contributed by atoms with Crippen LogP contribution in [0.15, 0.2) is 49.1 Å². The van der Waals surface area contributed by atoms with E-state index in [9.17, 15) is 14.4 Å². The summed E-state index contributed by atoms with van der Waals surface area (Å²) < 4.78 is 0. The Kier molecular flexibility index (Phi) is 7.14. The smallest absolute Gasteiger partial charge is 0.335 e. The molecule has 0 saturated heterocycles. The molecule has 0 saturated carbocycles. The third-order valence-electron chi connectivity index (χ3n) is 2.65. The van der Waals surface area contributed by atoms with Crippen LogP contribution in [0.3, 0.4) is 0 Å². The van der Waals surface area contributed by atoms with E-state index in [-0.39, 0.29) is 5.78 Å². The highest BCUT2D eigenvalue weighted by atomic mass is 16.4. The number of carbonyl (C=O) groups is 3. The number of carbonyl (C=O) groups excluding carboxylic acids is 1. The number of ketones is 1. The molecule has 0 aliphatic carbocycles. The molecular formula is C15H14N2O7. The van der Waals surface area contributed by atoms with Gasteiger partial charge in [-0.1, -0.05) is 0 Å². The molecule has 0 bridgehead atoms. The molecule has 2 unspecified atom stereocenters. The molecule has 4 N–H and O–H groups in total. The summed E-state index contributed by atoms with van der Waals surface area (Å²) in [6, 6.07) is 6.96. The van der Waals surface area contributed by atoms with Crippen LogP contribution in [0, 0.1) is 0 Å². The topological polar surface area (TPSA) is 158 Å². The zero-order valence-corrected chi connectivity index (χ0v) is 12.2. The second-order valence-corrected chi connectivity index (χ2v) is 4.38. The van der Waals surface area contributed by atoms with Crippen LogP contribution in [0.5, 0.6) is 0 Å². The summed E-state index contributed by atoms with van der Waals surface area (Å²) in [5.74, 6) is -3.59. The van der Waals surface area contributed by atoms with Crippen LogP contribution < -0.4 is 0 Å². The molecule has 0 aromatic carbocycles. The van der Waals surface area contributed by atoms with Gasteiger partial charge in [0.05, 0.1) is 0 Å². The van der Waals surface area contributed by atoms with Gasteiger partial charge < -0.3 is 20.4 Å². The van der Waals surface area contributed by atoms with Crippen molar-refractivity contribution in [2.24, 2.45) is 0 Å². The Hall–Kier alpha value is -3.17. The number of carboxylic acid groups (broad SMARTS) is 2. The molecule has 24 heavy (non-hydrogen) atoms. The molecule has 0 fully saturated rings. The maximum absolute atomic E-state index is 11.8. The summed E-state index contributed by atoms with van der Waals surface area (Å²) in [4.78, 5) is 39.1. The number of aliphatic carboxylic acids is 2. The van der Waals surface area contributed by atoms with Crippen molar-refractivity contribution in [3.63, 3.8) is 0 Å². The number of carboxylic acids is 2. The lowest BCUT2D eigenvalue weighted by Crippen LogP contribution is -2.39. The van der Waals surface area contributed by atoms with E-state index in [0.717, 1.165) is 0 Å². The predicted molar refractivity (Wildman–Crippen MR) is 79.2 cm³/mol. The van der Waals surface area contributed by atoms with E-state index < -0.39 is 24.1 Å². The van der Waals surface area contributed by atoms with E-state index in [1.807, 2.05) is 0 Å². The highest BCUT2D eigenvalue weighted by Crippen LogP contribution is 2.06. The monoisotopic (exact) mass is 334 g/mol. The van der Waals surface area contributed by atoms with Gasteiger partial charge in [-0.15, -0.1) is 0 Å². The van der Waals surface area contributed by atoms with E-state index >= 15 is 0 Å². The minimum absolute atomic E-state index is 0.0498. The molecule has 0 spiro atoms. The van der Waals surface area contributed by atoms with Crippen LogP contribution in [-0.2, 0) is 9.59 Å². The fourth-order valence-electron chi connectivity index (χ4n) is 1.43. The first-order chi connectivity index (χ1) is 11.3. The molecule has 0 amide bonds. The lowest BCUT2D eigenvalue weighted by Gasteiger charge is -2.07. The van der Waals surface area contributed by atoms with Gasteiger partial charge in [0, 0.05) is 35.9 Å². The Labute approximate surface area is 135 Å². The van der Waals surface area contributed by atoms with Crippen molar-refractivity contribution in [1.29, 1.82) is 0 Å². The number of pyridine rings is 2. The fraction of sp³-hybridized carbons (Fsp3) is 0.133. The summed E-state index contributed by atoms with van der Waals surface area (Å²) in [6.45, 7) is 0. The van der Waals surface area contributed by atoms with Crippen molar-refractivity contribution in [2.75, 3.05) is 0 Å². The number of aliphatic hydroxyl groups excluding tert-OH is 2. The molecule has 9 nitrogen and oxygen atoms in total. The Morgan fingerprint density at radius 3 is 1.42 bits per heavy atom. The van der Waals surface area contributed by atoms with Gasteiger partial charge in [0.15, 0.2) is 18.0 Å². The summed E-state index contributed by atoms with van der Waals surface area (Å²) in [6.07, 6.45) is 1.85. The third-order valence-corrected chi connectivity index (χ3v) is 2.65. The highest BCUT2D eigenvalue weighted by molar-refractivity contribution is 6.08. The summed E-state index contributed by atoms with van der Waals surface area (Å²) in [5, 5.41) is 32.5. The van der Waals surface area contributed by atoms with Gasteiger partial charge in [0.1, 0.15) is 0 Å². The average Bonchev–Trinajstić information content (AvgIpc) is 2.61. The molecule has 0 radical (unpaired) electrons. The molecule has 2 atom stereocenters. The van der Waals surface area contributed by atoms with Gasteiger partial charge in [0.25, 0.3) is 0 Å². The molecule has 2 heterocycles. The first-order valence-electron chi connectivity index (χ1n) is 6.51. The molecule has 2 aromatic rings. The second kappa shape index (κ2) is 9.08. The fourth-order valence-corrected chi connectivity index (χ4v) is 1.43. The molecular weight excluding hydrogens is 320 g/mol. The van der Waals surface area contributed by atoms with E-state index in [2.05, 4.69) is 9.97 Å². The van der Waals surface area contributed by atoms with E-state index in [1.165, 1.54) is 0 Å². The normalized spacial score (nSPS) is 12.2. The second-order valence-electron chi connectivity index (χ2n) is 4.38. The summed E-state index contributed by atoms with van der Waals surface area (Å²) in [7, 11) is 0. The molecule has 2 rings (SSSR count). The van der Waals surface area contributed by atoms with Crippen molar-refractivity contribution in [3.05, 3.63) is 60.2 Å². The molecule has 0 aliphatic rings. The van der Waals surface area contributed by atoms with Gasteiger partial charge in [-0.3, -0.25) is 14.8 Å². The Balaban J connectivity index is 0.000000257. The molecule has 126 valence electrons. The first kappa shape index (κ1) is 18.9. The van der Waals surface area contributed by atoms with E-state index in [4.69, 9.17) is 20.4 Å². The van der Waals surface area contributed by atoms with Crippen LogP contribution >= 0.6 is 0 Å². The van der Waals surface area contributed by atoms with Crippen molar-refractivity contribution in [2.45, 2.75) is 12.2 Å². The molecule has 0 aliphatic heterocycles. The maximum Gasteiger partial charge on any atom is 0.335 e. The number of aliphatic hydroxyl groups is 2. The van der Waals surface area contributed by atoms with Crippen LogP contribution in [0.2, 0.25) is 0 Å². The third kappa shape index (κ3) is 5.55. The largest absolute Gasteiger partial charge is 0.479 e.